The summed E-state index contributed by atoms with van der Waals surface area (Å²) < 4.78 is 0. The molecule has 2 aromatic rings. The van der Waals surface area contributed by atoms with E-state index < -0.39 is 0 Å². The first kappa shape index (κ1) is 16.8. The third-order valence-corrected chi connectivity index (χ3v) is 4.32. The van der Waals surface area contributed by atoms with Crippen LogP contribution in [0.15, 0.2) is 36.5 Å². The molecule has 128 valence electrons. The van der Waals surface area contributed by atoms with Gasteiger partial charge in [0.1, 0.15) is 6.29 Å². The number of nitrogens with one attached hydrogen (secondary N) is 2. The molecule has 0 saturated carbocycles. The van der Waals surface area contributed by atoms with Gasteiger partial charge >= 0.3 is 0 Å². The molecule has 1 unspecified atom stereocenters. The van der Waals surface area contributed by atoms with Gasteiger partial charge < -0.3 is 15.4 Å². The van der Waals surface area contributed by atoms with E-state index in [0.717, 1.165) is 29.5 Å². The molecule has 2 amide bonds. The number of carbonyl (C=O) groups is 3. The fraction of sp³-hybridized carbons (Fsp3) is 0.263. The zero-order valence-electron chi connectivity index (χ0n) is 13.7. The van der Waals surface area contributed by atoms with Crippen molar-refractivity contribution in [1.29, 1.82) is 0 Å². The zero-order valence-corrected chi connectivity index (χ0v) is 13.7. The Balaban J connectivity index is 2.11. The summed E-state index contributed by atoms with van der Waals surface area (Å²) in [5.74, 6) is -0.344. The van der Waals surface area contributed by atoms with Crippen molar-refractivity contribution in [1.82, 2.24) is 4.98 Å². The highest BCUT2D eigenvalue weighted by molar-refractivity contribution is 5.97. The summed E-state index contributed by atoms with van der Waals surface area (Å²) in [6, 6.07) is 9.06. The molecule has 1 aromatic carbocycles. The number of benzene rings is 1. The Morgan fingerprint density at radius 2 is 2.04 bits per heavy atom. The van der Waals surface area contributed by atoms with Crippen LogP contribution in [0.2, 0.25) is 0 Å². The summed E-state index contributed by atoms with van der Waals surface area (Å²) in [5.41, 5.74) is 3.64. The molecule has 2 heterocycles. The van der Waals surface area contributed by atoms with Gasteiger partial charge in [-0.1, -0.05) is 12.5 Å². The lowest BCUT2D eigenvalue weighted by atomic mass is 9.95. The molecule has 1 aromatic heterocycles. The van der Waals surface area contributed by atoms with Gasteiger partial charge in [-0.25, -0.2) is 0 Å². The standard InChI is InChI=1S/C19H19N3O3/c23-11-14-3-1-2-4-19(25)22-18-10-15(21-12-24)5-6-16(18)13-7-8-20-17(14)9-13/h5-12,14H,1-4H2,(H,21,24)(H,22,25). The van der Waals surface area contributed by atoms with Crippen molar-refractivity contribution in [3.8, 4) is 11.1 Å². The van der Waals surface area contributed by atoms with Gasteiger partial charge in [0.2, 0.25) is 12.3 Å². The maximum atomic E-state index is 12.2. The van der Waals surface area contributed by atoms with E-state index in [1.165, 1.54) is 0 Å². The number of carbonyl (C=O) groups excluding carboxylic acids is 3. The predicted octanol–water partition coefficient (Wildman–Crippen LogP) is 3.11. The molecule has 6 heteroatoms. The second-order valence-electron chi connectivity index (χ2n) is 6.03. The van der Waals surface area contributed by atoms with Crippen molar-refractivity contribution in [2.24, 2.45) is 0 Å². The SMILES string of the molecule is O=CNc1ccc2c(c1)NC(=O)CCCCC(C=O)c1cc-2ccn1. The van der Waals surface area contributed by atoms with Gasteiger partial charge in [-0.15, -0.1) is 0 Å². The van der Waals surface area contributed by atoms with Gasteiger partial charge in [-0.2, -0.15) is 0 Å². The van der Waals surface area contributed by atoms with Crippen LogP contribution in [0.1, 0.15) is 37.3 Å². The first-order valence-corrected chi connectivity index (χ1v) is 8.27. The van der Waals surface area contributed by atoms with Crippen LogP contribution in [0.5, 0.6) is 0 Å². The Labute approximate surface area is 145 Å². The average Bonchev–Trinajstić information content (AvgIpc) is 2.62. The molecule has 1 aliphatic heterocycles. The van der Waals surface area contributed by atoms with Gasteiger partial charge in [0.25, 0.3) is 0 Å². The summed E-state index contributed by atoms with van der Waals surface area (Å²) in [7, 11) is 0. The Morgan fingerprint density at radius 1 is 1.16 bits per heavy atom. The maximum absolute atomic E-state index is 12.2. The number of pyridine rings is 1. The molecule has 1 aliphatic rings. The van der Waals surface area contributed by atoms with Crippen LogP contribution < -0.4 is 10.6 Å². The largest absolute Gasteiger partial charge is 0.329 e. The van der Waals surface area contributed by atoms with E-state index in [9.17, 15) is 14.4 Å². The molecule has 0 aliphatic carbocycles. The minimum atomic E-state index is -0.262. The summed E-state index contributed by atoms with van der Waals surface area (Å²) in [6.45, 7) is 0. The number of amides is 2. The molecule has 0 radical (unpaired) electrons. The summed E-state index contributed by atoms with van der Waals surface area (Å²) in [5, 5.41) is 5.52. The van der Waals surface area contributed by atoms with E-state index in [1.54, 1.807) is 18.3 Å². The topological polar surface area (TPSA) is 88.2 Å². The molecule has 0 saturated heterocycles. The van der Waals surface area contributed by atoms with Crippen LogP contribution in [-0.2, 0) is 14.4 Å². The van der Waals surface area contributed by atoms with Crippen LogP contribution in [0.4, 0.5) is 11.4 Å². The van der Waals surface area contributed by atoms with E-state index in [1.807, 2.05) is 18.2 Å². The highest BCUT2D eigenvalue weighted by Crippen LogP contribution is 2.33. The molecule has 6 nitrogen and oxygen atoms in total. The lowest BCUT2D eigenvalue weighted by Gasteiger charge is -2.16. The summed E-state index contributed by atoms with van der Waals surface area (Å²) >= 11 is 0. The van der Waals surface area contributed by atoms with E-state index in [4.69, 9.17) is 0 Å². The number of fused-ring (bicyclic) bond motifs is 4. The minimum absolute atomic E-state index is 0.0815. The zero-order chi connectivity index (χ0) is 17.6. The fourth-order valence-corrected chi connectivity index (χ4v) is 3.02. The van der Waals surface area contributed by atoms with Crippen molar-refractivity contribution in [3.63, 3.8) is 0 Å². The van der Waals surface area contributed by atoms with Gasteiger partial charge in [-0.3, -0.25) is 14.6 Å². The van der Waals surface area contributed by atoms with Crippen molar-refractivity contribution in [2.45, 2.75) is 31.6 Å². The monoisotopic (exact) mass is 337 g/mol. The highest BCUT2D eigenvalue weighted by atomic mass is 16.1. The lowest BCUT2D eigenvalue weighted by Crippen LogP contribution is -2.13. The number of aromatic nitrogens is 1. The number of aldehydes is 1. The molecular formula is C19H19N3O3. The molecule has 0 fully saturated rings. The van der Waals surface area contributed by atoms with Crippen molar-refractivity contribution in [3.05, 3.63) is 42.2 Å². The van der Waals surface area contributed by atoms with Crippen LogP contribution in [0.3, 0.4) is 0 Å². The Bertz CT molecular complexity index is 804. The van der Waals surface area contributed by atoms with Crippen LogP contribution >= 0.6 is 0 Å². The third kappa shape index (κ3) is 3.91. The quantitative estimate of drug-likeness (QED) is 0.842. The number of anilines is 2. The van der Waals surface area contributed by atoms with Crippen LogP contribution in [0.25, 0.3) is 11.1 Å². The smallest absolute Gasteiger partial charge is 0.224 e. The van der Waals surface area contributed by atoms with Gasteiger partial charge in [0, 0.05) is 23.9 Å². The van der Waals surface area contributed by atoms with E-state index >= 15 is 0 Å². The summed E-state index contributed by atoms with van der Waals surface area (Å²) in [6.07, 6.45) is 5.75. The maximum Gasteiger partial charge on any atom is 0.224 e. The first-order valence-electron chi connectivity index (χ1n) is 8.27. The molecule has 3 rings (SSSR count). The number of hydrogen-bond acceptors (Lipinski definition) is 4. The fourth-order valence-electron chi connectivity index (χ4n) is 3.02. The Morgan fingerprint density at radius 3 is 2.84 bits per heavy atom. The van der Waals surface area contributed by atoms with Gasteiger partial charge in [0.15, 0.2) is 0 Å². The van der Waals surface area contributed by atoms with Crippen molar-refractivity contribution < 1.29 is 14.4 Å². The third-order valence-electron chi connectivity index (χ3n) is 4.32. The van der Waals surface area contributed by atoms with E-state index in [0.29, 0.717) is 37.0 Å². The minimum Gasteiger partial charge on any atom is -0.329 e. The van der Waals surface area contributed by atoms with Crippen LogP contribution in [-0.4, -0.2) is 23.6 Å². The molecule has 0 spiro atoms. The Hall–Kier alpha value is -3.02. The average molecular weight is 337 g/mol. The molecular weight excluding hydrogens is 318 g/mol. The van der Waals surface area contributed by atoms with Gasteiger partial charge in [0.05, 0.1) is 17.3 Å². The summed E-state index contributed by atoms with van der Waals surface area (Å²) in [4.78, 5) is 38.7. The number of nitrogens with zero attached hydrogens (tertiary/aromatic N) is 1. The van der Waals surface area contributed by atoms with Crippen molar-refractivity contribution in [2.75, 3.05) is 10.6 Å². The predicted molar refractivity (Wildman–Crippen MR) is 95.3 cm³/mol. The molecule has 2 N–H and O–H groups in total. The number of rotatable bonds is 3. The first-order chi connectivity index (χ1) is 12.2. The van der Waals surface area contributed by atoms with E-state index in [2.05, 4.69) is 15.6 Å². The van der Waals surface area contributed by atoms with Gasteiger partial charge in [-0.05, 0) is 42.7 Å². The second-order valence-corrected chi connectivity index (χ2v) is 6.03. The normalized spacial score (nSPS) is 17.3. The molecule has 25 heavy (non-hydrogen) atoms. The second kappa shape index (κ2) is 7.70. The lowest BCUT2D eigenvalue weighted by molar-refractivity contribution is -0.116. The van der Waals surface area contributed by atoms with E-state index in [-0.39, 0.29) is 11.8 Å². The number of hydrogen-bond donors (Lipinski definition) is 2. The molecule has 1 atom stereocenters. The van der Waals surface area contributed by atoms with Crippen LogP contribution in [0, 0.1) is 0 Å². The highest BCUT2D eigenvalue weighted by Gasteiger charge is 2.17. The van der Waals surface area contributed by atoms with Crippen molar-refractivity contribution >= 4 is 30.0 Å². The Kier molecular flexibility index (Phi) is 5.18. The molecule has 2 bridgehead atoms.